The summed E-state index contributed by atoms with van der Waals surface area (Å²) in [5.74, 6) is -1.90. The van der Waals surface area contributed by atoms with Gasteiger partial charge in [0.2, 0.25) is 0 Å². The molecule has 0 aliphatic heterocycles. The molecule has 0 radical (unpaired) electrons. The minimum absolute atomic E-state index is 0.0866. The maximum Gasteiger partial charge on any atom is 0.338 e. The van der Waals surface area contributed by atoms with E-state index in [9.17, 15) is 24.9 Å². The number of aliphatic carboxylic acids is 1. The Labute approximate surface area is 122 Å². The van der Waals surface area contributed by atoms with Gasteiger partial charge >= 0.3 is 11.9 Å². The van der Waals surface area contributed by atoms with E-state index in [0.29, 0.717) is 18.4 Å². The molecule has 3 N–H and O–H groups in total. The molecule has 1 aliphatic carbocycles. The molecule has 0 heterocycles. The van der Waals surface area contributed by atoms with E-state index in [2.05, 4.69) is 4.74 Å². The summed E-state index contributed by atoms with van der Waals surface area (Å²) in [5, 5.41) is 29.4. The molecule has 1 aliphatic rings. The quantitative estimate of drug-likeness (QED) is 0.669. The highest BCUT2D eigenvalue weighted by atomic mass is 16.5. The Hall–Kier alpha value is -1.92. The molecule has 2 rings (SSSR count). The van der Waals surface area contributed by atoms with E-state index in [1.54, 1.807) is 25.1 Å². The Morgan fingerprint density at radius 3 is 2.43 bits per heavy atom. The zero-order valence-electron chi connectivity index (χ0n) is 11.7. The molecule has 2 unspecified atom stereocenters. The lowest BCUT2D eigenvalue weighted by Crippen LogP contribution is -2.32. The first kappa shape index (κ1) is 15.5. The number of hydrogen-bond donors (Lipinski definition) is 3. The van der Waals surface area contributed by atoms with Crippen LogP contribution in [0.2, 0.25) is 0 Å². The van der Waals surface area contributed by atoms with Gasteiger partial charge in [0.15, 0.2) is 6.10 Å². The van der Waals surface area contributed by atoms with Crippen molar-refractivity contribution in [3.63, 3.8) is 0 Å². The molecule has 0 aromatic heterocycles. The van der Waals surface area contributed by atoms with E-state index in [-0.39, 0.29) is 12.2 Å². The van der Waals surface area contributed by atoms with Gasteiger partial charge in [-0.3, -0.25) is 4.79 Å². The first-order valence-corrected chi connectivity index (χ1v) is 6.79. The van der Waals surface area contributed by atoms with Gasteiger partial charge in [0.05, 0.1) is 12.0 Å². The van der Waals surface area contributed by atoms with Crippen molar-refractivity contribution in [1.82, 2.24) is 0 Å². The normalized spacial score (nSPS) is 18.6. The van der Waals surface area contributed by atoms with Crippen LogP contribution in [0.1, 0.15) is 37.0 Å². The summed E-state index contributed by atoms with van der Waals surface area (Å²) in [7, 11) is 0. The van der Waals surface area contributed by atoms with E-state index in [1.165, 1.54) is 6.07 Å². The number of hydrogen-bond acceptors (Lipinski definition) is 5. The summed E-state index contributed by atoms with van der Waals surface area (Å²) in [6.07, 6.45) is -2.31. The van der Waals surface area contributed by atoms with Gasteiger partial charge in [-0.05, 0) is 30.9 Å². The molecule has 0 spiro atoms. The smallest absolute Gasteiger partial charge is 0.338 e. The molecular weight excluding hydrogens is 276 g/mol. The van der Waals surface area contributed by atoms with Crippen LogP contribution in [0.3, 0.4) is 0 Å². The van der Waals surface area contributed by atoms with Crippen molar-refractivity contribution in [3.05, 3.63) is 35.4 Å². The first-order valence-electron chi connectivity index (χ1n) is 6.79. The molecule has 6 nitrogen and oxygen atoms in total. The van der Waals surface area contributed by atoms with Crippen molar-refractivity contribution in [2.45, 2.75) is 37.4 Å². The average molecular weight is 294 g/mol. The monoisotopic (exact) mass is 294 g/mol. The summed E-state index contributed by atoms with van der Waals surface area (Å²) in [6, 6.07) is 6.42. The number of benzene rings is 1. The molecule has 0 bridgehead atoms. The molecule has 2 atom stereocenters. The summed E-state index contributed by atoms with van der Waals surface area (Å²) in [5.41, 5.74) is -0.335. The molecular formula is C15H18O6. The van der Waals surface area contributed by atoms with Gasteiger partial charge in [-0.25, -0.2) is 4.79 Å². The molecule has 6 heteroatoms. The summed E-state index contributed by atoms with van der Waals surface area (Å²) < 4.78 is 4.67. The molecule has 0 amide bonds. The van der Waals surface area contributed by atoms with Crippen LogP contribution in [0.25, 0.3) is 0 Å². The highest BCUT2D eigenvalue weighted by molar-refractivity contribution is 5.85. The second-order valence-corrected chi connectivity index (χ2v) is 5.12. The van der Waals surface area contributed by atoms with Crippen molar-refractivity contribution < 1.29 is 29.6 Å². The van der Waals surface area contributed by atoms with Gasteiger partial charge in [-0.1, -0.05) is 24.3 Å². The standard InChI is InChI=1S/C15H18O6/c1-2-21-13(18)12(17)11(16)9-5-3-4-6-10(9)15(7-8-15)14(19)20/h3-6,11-12,16-17H,2,7-8H2,1H3,(H,19,20). The SMILES string of the molecule is CCOC(=O)C(O)C(O)c1ccccc1C1(C(=O)O)CC1. The number of carbonyl (C=O) groups excluding carboxylic acids is 1. The Balaban J connectivity index is 2.33. The van der Waals surface area contributed by atoms with E-state index in [0.717, 1.165) is 0 Å². The number of aliphatic hydroxyl groups is 2. The van der Waals surface area contributed by atoms with Gasteiger partial charge in [0.1, 0.15) is 6.10 Å². The molecule has 1 saturated carbocycles. The fourth-order valence-corrected chi connectivity index (χ4v) is 2.44. The average Bonchev–Trinajstić information content (AvgIpc) is 3.27. The zero-order chi connectivity index (χ0) is 15.6. The maximum absolute atomic E-state index is 11.5. The van der Waals surface area contributed by atoms with Crippen molar-refractivity contribution in [2.75, 3.05) is 6.61 Å². The van der Waals surface area contributed by atoms with Crippen LogP contribution in [0.5, 0.6) is 0 Å². The highest BCUT2D eigenvalue weighted by Crippen LogP contribution is 2.50. The second-order valence-electron chi connectivity index (χ2n) is 5.12. The molecule has 1 fully saturated rings. The van der Waals surface area contributed by atoms with Crippen LogP contribution in [-0.2, 0) is 19.7 Å². The number of carbonyl (C=O) groups is 2. The van der Waals surface area contributed by atoms with E-state index >= 15 is 0 Å². The van der Waals surface area contributed by atoms with E-state index in [1.807, 2.05) is 0 Å². The minimum Gasteiger partial charge on any atom is -0.481 e. The van der Waals surface area contributed by atoms with Crippen LogP contribution >= 0.6 is 0 Å². The Morgan fingerprint density at radius 1 is 1.29 bits per heavy atom. The number of aliphatic hydroxyl groups excluding tert-OH is 2. The number of esters is 1. The van der Waals surface area contributed by atoms with E-state index in [4.69, 9.17) is 0 Å². The van der Waals surface area contributed by atoms with Crippen LogP contribution in [-0.4, -0.2) is 40.0 Å². The Bertz CT molecular complexity index is 549. The fourth-order valence-electron chi connectivity index (χ4n) is 2.44. The van der Waals surface area contributed by atoms with Crippen molar-refractivity contribution in [2.24, 2.45) is 0 Å². The third-order valence-corrected chi connectivity index (χ3v) is 3.78. The first-order chi connectivity index (χ1) is 9.94. The Kier molecular flexibility index (Phi) is 4.29. The van der Waals surface area contributed by atoms with Gasteiger partial charge in [-0.15, -0.1) is 0 Å². The molecule has 1 aromatic rings. The van der Waals surface area contributed by atoms with Crippen molar-refractivity contribution in [3.8, 4) is 0 Å². The largest absolute Gasteiger partial charge is 0.481 e. The van der Waals surface area contributed by atoms with Crippen molar-refractivity contribution >= 4 is 11.9 Å². The molecule has 1 aromatic carbocycles. The van der Waals surface area contributed by atoms with Gasteiger partial charge in [0.25, 0.3) is 0 Å². The third-order valence-electron chi connectivity index (χ3n) is 3.78. The van der Waals surface area contributed by atoms with Crippen LogP contribution < -0.4 is 0 Å². The second kappa shape index (κ2) is 5.83. The van der Waals surface area contributed by atoms with Gasteiger partial charge < -0.3 is 20.1 Å². The van der Waals surface area contributed by atoms with Crippen molar-refractivity contribution in [1.29, 1.82) is 0 Å². The predicted molar refractivity (Wildman–Crippen MR) is 72.6 cm³/mol. The van der Waals surface area contributed by atoms with Crippen LogP contribution in [0.15, 0.2) is 24.3 Å². The molecule has 114 valence electrons. The van der Waals surface area contributed by atoms with Crippen LogP contribution in [0, 0.1) is 0 Å². The Morgan fingerprint density at radius 2 is 1.90 bits per heavy atom. The number of carboxylic acid groups (broad SMARTS) is 1. The summed E-state index contributed by atoms with van der Waals surface area (Å²) in [4.78, 5) is 22.9. The maximum atomic E-state index is 11.5. The highest BCUT2D eigenvalue weighted by Gasteiger charge is 2.53. The number of rotatable bonds is 6. The molecule has 21 heavy (non-hydrogen) atoms. The lowest BCUT2D eigenvalue weighted by Gasteiger charge is -2.22. The number of carboxylic acids is 1. The predicted octanol–water partition coefficient (Wildman–Crippen LogP) is 0.760. The van der Waals surface area contributed by atoms with E-state index < -0.39 is 29.6 Å². The van der Waals surface area contributed by atoms with Gasteiger partial charge in [-0.2, -0.15) is 0 Å². The summed E-state index contributed by atoms with van der Waals surface area (Å²) in [6.45, 7) is 1.68. The van der Waals surface area contributed by atoms with Gasteiger partial charge in [0, 0.05) is 0 Å². The summed E-state index contributed by atoms with van der Waals surface area (Å²) >= 11 is 0. The lowest BCUT2D eigenvalue weighted by atomic mass is 9.87. The lowest BCUT2D eigenvalue weighted by molar-refractivity contribution is -0.159. The zero-order valence-corrected chi connectivity index (χ0v) is 11.7. The molecule has 0 saturated heterocycles. The number of ether oxygens (including phenoxy) is 1. The minimum atomic E-state index is -1.74. The topological polar surface area (TPSA) is 104 Å². The van der Waals surface area contributed by atoms with Crippen LogP contribution in [0.4, 0.5) is 0 Å². The third kappa shape index (κ3) is 2.77. The fraction of sp³-hybridized carbons (Fsp3) is 0.467.